The first-order chi connectivity index (χ1) is 7.59. The number of rotatable bonds is 4. The zero-order chi connectivity index (χ0) is 11.6. The molecule has 0 unspecified atom stereocenters. The molecule has 1 aliphatic heterocycles. The lowest BCUT2D eigenvalue weighted by molar-refractivity contribution is -0.120. The predicted molar refractivity (Wildman–Crippen MR) is 60.9 cm³/mol. The van der Waals surface area contributed by atoms with Crippen LogP contribution in [0.5, 0.6) is 5.75 Å². The molecule has 0 amide bonds. The van der Waals surface area contributed by atoms with Gasteiger partial charge in [0.15, 0.2) is 5.78 Å². The molecule has 1 heterocycles. The van der Waals surface area contributed by atoms with Gasteiger partial charge in [0.05, 0.1) is 19.8 Å². The summed E-state index contributed by atoms with van der Waals surface area (Å²) >= 11 is 0. The molecule has 16 heavy (non-hydrogen) atoms. The lowest BCUT2D eigenvalue weighted by atomic mass is 9.90. The minimum Gasteiger partial charge on any atom is -0.493 e. The van der Waals surface area contributed by atoms with Crippen molar-refractivity contribution in [3.63, 3.8) is 0 Å². The minimum absolute atomic E-state index is 0.0589. The fourth-order valence-electron chi connectivity index (χ4n) is 1.60. The van der Waals surface area contributed by atoms with Crippen LogP contribution in [0.1, 0.15) is 24.2 Å². The molecule has 3 nitrogen and oxygen atoms in total. The highest BCUT2D eigenvalue weighted by molar-refractivity contribution is 5.94. The molecule has 0 spiro atoms. The predicted octanol–water partition coefficient (Wildman–Crippen LogP) is 2.30. The molecule has 0 atom stereocenters. The monoisotopic (exact) mass is 220 g/mol. The van der Waals surface area contributed by atoms with Crippen LogP contribution in [0.4, 0.5) is 0 Å². The summed E-state index contributed by atoms with van der Waals surface area (Å²) in [7, 11) is 0. The van der Waals surface area contributed by atoms with Crippen molar-refractivity contribution < 1.29 is 14.3 Å². The van der Waals surface area contributed by atoms with E-state index in [9.17, 15) is 4.79 Å². The summed E-state index contributed by atoms with van der Waals surface area (Å²) in [4.78, 5) is 11.2. The van der Waals surface area contributed by atoms with Gasteiger partial charge in [0, 0.05) is 11.0 Å². The van der Waals surface area contributed by atoms with E-state index in [4.69, 9.17) is 9.47 Å². The van der Waals surface area contributed by atoms with Gasteiger partial charge in [0.1, 0.15) is 5.75 Å². The van der Waals surface area contributed by atoms with Crippen LogP contribution in [0.15, 0.2) is 24.3 Å². The summed E-state index contributed by atoms with van der Waals surface area (Å²) in [5.41, 5.74) is 0.819. The van der Waals surface area contributed by atoms with E-state index in [1.165, 1.54) is 0 Å². The second kappa shape index (κ2) is 4.26. The number of benzene rings is 1. The fraction of sp³-hybridized carbons (Fsp3) is 0.462. The quantitative estimate of drug-likeness (QED) is 0.730. The van der Waals surface area contributed by atoms with Gasteiger partial charge in [-0.05, 0) is 19.1 Å². The van der Waals surface area contributed by atoms with Crippen LogP contribution < -0.4 is 4.74 Å². The summed E-state index contributed by atoms with van der Waals surface area (Å²) in [5.74, 6) is 0.810. The number of carbonyl (C=O) groups excluding carboxylic acids is 1. The number of Topliss-reactive ketones (excluding diaryl/α,β-unsaturated/α-hetero) is 1. The minimum atomic E-state index is 0.0589. The van der Waals surface area contributed by atoms with Crippen molar-refractivity contribution in [2.45, 2.75) is 13.8 Å². The van der Waals surface area contributed by atoms with Crippen LogP contribution >= 0.6 is 0 Å². The SMILES string of the molecule is CC(=O)c1cccc(OCC2(C)COC2)c1. The van der Waals surface area contributed by atoms with Crippen molar-refractivity contribution in [3.05, 3.63) is 29.8 Å². The second-order valence-corrected chi connectivity index (χ2v) is 4.68. The highest BCUT2D eigenvalue weighted by Gasteiger charge is 2.34. The Balaban J connectivity index is 1.98. The fourth-order valence-corrected chi connectivity index (χ4v) is 1.60. The van der Waals surface area contributed by atoms with Crippen LogP contribution in [0.25, 0.3) is 0 Å². The van der Waals surface area contributed by atoms with Crippen molar-refractivity contribution in [1.29, 1.82) is 0 Å². The molecule has 1 saturated heterocycles. The number of hydrogen-bond acceptors (Lipinski definition) is 3. The first-order valence-electron chi connectivity index (χ1n) is 5.41. The van der Waals surface area contributed by atoms with Gasteiger partial charge >= 0.3 is 0 Å². The smallest absolute Gasteiger partial charge is 0.159 e. The maximum absolute atomic E-state index is 11.2. The highest BCUT2D eigenvalue weighted by Crippen LogP contribution is 2.27. The number of ether oxygens (including phenoxy) is 2. The Bertz CT molecular complexity index is 394. The van der Waals surface area contributed by atoms with Gasteiger partial charge in [-0.3, -0.25) is 4.79 Å². The van der Waals surface area contributed by atoms with Gasteiger partial charge in [-0.1, -0.05) is 19.1 Å². The summed E-state index contributed by atoms with van der Waals surface area (Å²) in [6.45, 7) is 5.82. The average molecular weight is 220 g/mol. The third kappa shape index (κ3) is 2.42. The van der Waals surface area contributed by atoms with Gasteiger partial charge in [0.25, 0.3) is 0 Å². The molecule has 0 saturated carbocycles. The largest absolute Gasteiger partial charge is 0.493 e. The van der Waals surface area contributed by atoms with Crippen molar-refractivity contribution in [1.82, 2.24) is 0 Å². The molecule has 3 heteroatoms. The third-order valence-electron chi connectivity index (χ3n) is 2.73. The Hall–Kier alpha value is -1.35. The summed E-state index contributed by atoms with van der Waals surface area (Å²) in [6, 6.07) is 7.29. The topological polar surface area (TPSA) is 35.5 Å². The summed E-state index contributed by atoms with van der Waals surface area (Å²) in [6.07, 6.45) is 0. The van der Waals surface area contributed by atoms with E-state index >= 15 is 0 Å². The molecule has 0 aliphatic carbocycles. The molecule has 1 aromatic carbocycles. The van der Waals surface area contributed by atoms with Crippen LogP contribution in [-0.4, -0.2) is 25.6 Å². The van der Waals surface area contributed by atoms with Gasteiger partial charge in [0.2, 0.25) is 0 Å². The van der Waals surface area contributed by atoms with E-state index in [0.29, 0.717) is 12.2 Å². The van der Waals surface area contributed by atoms with Crippen LogP contribution in [-0.2, 0) is 4.74 Å². The Morgan fingerprint density at radius 3 is 2.81 bits per heavy atom. The Kier molecular flexibility index (Phi) is 2.97. The van der Waals surface area contributed by atoms with Crippen molar-refractivity contribution in [2.75, 3.05) is 19.8 Å². The van der Waals surface area contributed by atoms with Gasteiger partial charge in [-0.25, -0.2) is 0 Å². The average Bonchev–Trinajstić information content (AvgIpc) is 2.24. The van der Waals surface area contributed by atoms with Crippen molar-refractivity contribution >= 4 is 5.78 Å². The third-order valence-corrected chi connectivity index (χ3v) is 2.73. The number of carbonyl (C=O) groups is 1. The molecule has 86 valence electrons. The molecule has 1 fully saturated rings. The Morgan fingerprint density at radius 1 is 1.50 bits per heavy atom. The molecule has 0 bridgehead atoms. The lowest BCUT2D eigenvalue weighted by Gasteiger charge is -2.37. The van der Waals surface area contributed by atoms with Crippen LogP contribution in [0.2, 0.25) is 0 Å². The van der Waals surface area contributed by atoms with E-state index in [2.05, 4.69) is 6.92 Å². The zero-order valence-corrected chi connectivity index (χ0v) is 9.66. The van der Waals surface area contributed by atoms with Crippen LogP contribution in [0.3, 0.4) is 0 Å². The molecule has 1 aliphatic rings. The number of ketones is 1. The normalized spacial score (nSPS) is 17.6. The van der Waals surface area contributed by atoms with Gasteiger partial charge in [-0.2, -0.15) is 0 Å². The molecule has 0 radical (unpaired) electrons. The van der Waals surface area contributed by atoms with E-state index in [0.717, 1.165) is 19.0 Å². The van der Waals surface area contributed by atoms with E-state index < -0.39 is 0 Å². The molecular weight excluding hydrogens is 204 g/mol. The maximum atomic E-state index is 11.2. The summed E-state index contributed by atoms with van der Waals surface area (Å²) < 4.78 is 10.8. The van der Waals surface area contributed by atoms with Gasteiger partial charge in [-0.15, -0.1) is 0 Å². The molecule has 1 aromatic rings. The second-order valence-electron chi connectivity index (χ2n) is 4.68. The first kappa shape index (κ1) is 11.1. The first-order valence-corrected chi connectivity index (χ1v) is 5.41. The molecule has 0 aromatic heterocycles. The Morgan fingerprint density at radius 2 is 2.25 bits per heavy atom. The van der Waals surface area contributed by atoms with Crippen molar-refractivity contribution in [2.24, 2.45) is 5.41 Å². The standard InChI is InChI=1S/C13H16O3/c1-10(14)11-4-3-5-12(6-11)16-9-13(2)7-15-8-13/h3-6H,7-9H2,1-2H3. The van der Waals surface area contributed by atoms with E-state index in [-0.39, 0.29) is 11.2 Å². The maximum Gasteiger partial charge on any atom is 0.159 e. The van der Waals surface area contributed by atoms with Gasteiger partial charge < -0.3 is 9.47 Å². The highest BCUT2D eigenvalue weighted by atomic mass is 16.5. The molecule has 0 N–H and O–H groups in total. The Labute approximate surface area is 95.4 Å². The molecule has 2 rings (SSSR count). The van der Waals surface area contributed by atoms with Crippen LogP contribution in [0, 0.1) is 5.41 Å². The van der Waals surface area contributed by atoms with Crippen molar-refractivity contribution in [3.8, 4) is 5.75 Å². The lowest BCUT2D eigenvalue weighted by Crippen LogP contribution is -2.44. The van der Waals surface area contributed by atoms with E-state index in [1.54, 1.807) is 19.1 Å². The van der Waals surface area contributed by atoms with E-state index in [1.807, 2.05) is 12.1 Å². The zero-order valence-electron chi connectivity index (χ0n) is 9.66. The summed E-state index contributed by atoms with van der Waals surface area (Å²) in [5, 5.41) is 0. The molecular formula is C13H16O3. The number of hydrogen-bond donors (Lipinski definition) is 0.